The van der Waals surface area contributed by atoms with E-state index in [0.717, 1.165) is 18.8 Å². The summed E-state index contributed by atoms with van der Waals surface area (Å²) in [6.07, 6.45) is 1.41. The summed E-state index contributed by atoms with van der Waals surface area (Å²) in [5.74, 6) is -0.869. The summed E-state index contributed by atoms with van der Waals surface area (Å²) < 4.78 is 20.1. The number of nitrogens with zero attached hydrogens (tertiary/aromatic N) is 2. The Morgan fingerprint density at radius 3 is 2.62 bits per heavy atom. The van der Waals surface area contributed by atoms with Crippen LogP contribution in [0.3, 0.4) is 0 Å². The Labute approximate surface area is 207 Å². The molecule has 178 valence electrons. The number of anilines is 1. The minimum Gasteiger partial charge on any atom is -0.507 e. The lowest BCUT2D eigenvalue weighted by molar-refractivity contribution is 0.0952. The van der Waals surface area contributed by atoms with E-state index in [1.807, 2.05) is 26.0 Å². The van der Waals surface area contributed by atoms with Gasteiger partial charge in [-0.15, -0.1) is 0 Å². The predicted molar refractivity (Wildman–Crippen MR) is 134 cm³/mol. The zero-order valence-corrected chi connectivity index (χ0v) is 20.2. The second-order valence-electron chi connectivity index (χ2n) is 7.24. The highest BCUT2D eigenvalue weighted by Crippen LogP contribution is 2.28. The van der Waals surface area contributed by atoms with E-state index in [4.69, 9.17) is 27.9 Å². The van der Waals surface area contributed by atoms with E-state index in [9.17, 15) is 14.3 Å². The predicted octanol–water partition coefficient (Wildman–Crippen LogP) is 6.03. The van der Waals surface area contributed by atoms with Crippen molar-refractivity contribution in [2.24, 2.45) is 5.10 Å². The van der Waals surface area contributed by atoms with Crippen LogP contribution in [0.4, 0.5) is 10.1 Å². The third kappa shape index (κ3) is 6.18. The molecule has 34 heavy (non-hydrogen) atoms. The number of nitrogens with one attached hydrogen (secondary N) is 1. The van der Waals surface area contributed by atoms with Gasteiger partial charge < -0.3 is 14.7 Å². The first-order valence-corrected chi connectivity index (χ1v) is 11.4. The van der Waals surface area contributed by atoms with Gasteiger partial charge in [-0.1, -0.05) is 29.3 Å². The van der Waals surface area contributed by atoms with Crippen molar-refractivity contribution in [3.8, 4) is 11.5 Å². The smallest absolute Gasteiger partial charge is 0.275 e. The van der Waals surface area contributed by atoms with Gasteiger partial charge in [0.2, 0.25) is 0 Å². The first-order valence-electron chi connectivity index (χ1n) is 10.6. The summed E-state index contributed by atoms with van der Waals surface area (Å²) in [4.78, 5) is 14.5. The number of halogens is 3. The van der Waals surface area contributed by atoms with Crippen molar-refractivity contribution in [3.05, 3.63) is 87.2 Å². The molecule has 0 radical (unpaired) electrons. The Bertz CT molecular complexity index is 1180. The number of hydrogen-bond acceptors (Lipinski definition) is 5. The van der Waals surface area contributed by atoms with Gasteiger partial charge in [0.1, 0.15) is 23.9 Å². The molecule has 0 aliphatic rings. The summed E-state index contributed by atoms with van der Waals surface area (Å²) in [7, 11) is 0. The SMILES string of the molecule is CCN(CC)c1ccc(/C=N/NC(=O)c2cc(Cl)ccc2O)c(OCc2c(F)cccc2Cl)c1. The molecule has 0 aromatic heterocycles. The molecule has 0 spiro atoms. The van der Waals surface area contributed by atoms with Crippen LogP contribution in [-0.4, -0.2) is 30.3 Å². The van der Waals surface area contributed by atoms with Gasteiger partial charge in [0.25, 0.3) is 5.91 Å². The highest BCUT2D eigenvalue weighted by Gasteiger charge is 2.13. The number of aromatic hydroxyl groups is 1. The molecule has 0 bridgehead atoms. The molecule has 0 aliphatic heterocycles. The van der Waals surface area contributed by atoms with Crippen LogP contribution in [0.15, 0.2) is 59.7 Å². The average molecular weight is 504 g/mol. The first kappa shape index (κ1) is 25.3. The van der Waals surface area contributed by atoms with Gasteiger partial charge in [0, 0.05) is 41.0 Å². The molecule has 0 fully saturated rings. The Balaban J connectivity index is 1.85. The van der Waals surface area contributed by atoms with Gasteiger partial charge in [-0.25, -0.2) is 9.82 Å². The summed E-state index contributed by atoms with van der Waals surface area (Å²) in [6, 6.07) is 14.1. The van der Waals surface area contributed by atoms with Crippen molar-refractivity contribution in [2.75, 3.05) is 18.0 Å². The lowest BCUT2D eigenvalue weighted by atomic mass is 10.1. The number of amides is 1. The van der Waals surface area contributed by atoms with Gasteiger partial charge in [-0.2, -0.15) is 5.10 Å². The first-order chi connectivity index (χ1) is 16.3. The van der Waals surface area contributed by atoms with E-state index in [2.05, 4.69) is 15.4 Å². The fourth-order valence-electron chi connectivity index (χ4n) is 3.27. The fourth-order valence-corrected chi connectivity index (χ4v) is 3.66. The number of hydrogen-bond donors (Lipinski definition) is 2. The molecule has 3 aromatic rings. The molecule has 9 heteroatoms. The van der Waals surface area contributed by atoms with Crippen LogP contribution in [0.5, 0.6) is 11.5 Å². The van der Waals surface area contributed by atoms with Crippen molar-refractivity contribution in [3.63, 3.8) is 0 Å². The van der Waals surface area contributed by atoms with Crippen molar-refractivity contribution in [1.29, 1.82) is 0 Å². The molecule has 0 unspecified atom stereocenters. The van der Waals surface area contributed by atoms with Gasteiger partial charge >= 0.3 is 0 Å². The second-order valence-corrected chi connectivity index (χ2v) is 8.09. The van der Waals surface area contributed by atoms with Crippen LogP contribution in [0, 0.1) is 5.82 Å². The topological polar surface area (TPSA) is 74.2 Å². The van der Waals surface area contributed by atoms with Crippen molar-refractivity contribution in [2.45, 2.75) is 20.5 Å². The number of benzene rings is 3. The zero-order chi connectivity index (χ0) is 24.7. The van der Waals surface area contributed by atoms with Crippen LogP contribution in [0.25, 0.3) is 0 Å². The van der Waals surface area contributed by atoms with Gasteiger partial charge in [-0.3, -0.25) is 4.79 Å². The van der Waals surface area contributed by atoms with Crippen LogP contribution in [0.1, 0.15) is 35.3 Å². The summed E-state index contributed by atoms with van der Waals surface area (Å²) >= 11 is 12.0. The molecule has 3 aromatic carbocycles. The number of hydrazone groups is 1. The molecular formula is C25H24Cl2FN3O3. The molecule has 0 atom stereocenters. The summed E-state index contributed by atoms with van der Waals surface area (Å²) in [6.45, 7) is 5.58. The largest absolute Gasteiger partial charge is 0.507 e. The Morgan fingerprint density at radius 1 is 1.15 bits per heavy atom. The number of carbonyl (C=O) groups is 1. The van der Waals surface area contributed by atoms with Crippen LogP contribution >= 0.6 is 23.2 Å². The zero-order valence-electron chi connectivity index (χ0n) is 18.7. The maximum absolute atomic E-state index is 14.2. The lowest BCUT2D eigenvalue weighted by Crippen LogP contribution is -2.22. The molecule has 2 N–H and O–H groups in total. The average Bonchev–Trinajstić information content (AvgIpc) is 2.82. The Hall–Kier alpha value is -3.29. The lowest BCUT2D eigenvalue weighted by Gasteiger charge is -2.22. The van der Waals surface area contributed by atoms with E-state index in [1.165, 1.54) is 36.5 Å². The van der Waals surface area contributed by atoms with E-state index < -0.39 is 11.7 Å². The van der Waals surface area contributed by atoms with E-state index in [0.29, 0.717) is 16.3 Å². The molecule has 0 saturated heterocycles. The molecule has 6 nitrogen and oxygen atoms in total. The van der Waals surface area contributed by atoms with Crippen LogP contribution < -0.4 is 15.1 Å². The third-order valence-corrected chi connectivity index (χ3v) is 5.72. The van der Waals surface area contributed by atoms with Gasteiger partial charge in [0.05, 0.1) is 16.8 Å². The number of ether oxygens (including phenoxy) is 1. The molecule has 0 aliphatic carbocycles. The Kier molecular flexibility index (Phi) is 8.73. The molecular weight excluding hydrogens is 480 g/mol. The van der Waals surface area contributed by atoms with Crippen LogP contribution in [0.2, 0.25) is 10.0 Å². The Morgan fingerprint density at radius 2 is 1.91 bits per heavy atom. The number of carbonyl (C=O) groups excluding carboxylic acids is 1. The minimum atomic E-state index is -0.628. The van der Waals surface area contributed by atoms with Crippen molar-refractivity contribution >= 4 is 41.0 Å². The van der Waals surface area contributed by atoms with Gasteiger partial charge in [0.15, 0.2) is 0 Å². The molecule has 1 amide bonds. The highest BCUT2D eigenvalue weighted by molar-refractivity contribution is 6.31. The summed E-state index contributed by atoms with van der Waals surface area (Å²) in [5.41, 5.74) is 4.07. The normalized spacial score (nSPS) is 11.0. The van der Waals surface area contributed by atoms with Crippen molar-refractivity contribution < 1.29 is 19.0 Å². The highest BCUT2D eigenvalue weighted by atomic mass is 35.5. The number of rotatable bonds is 9. The number of phenols is 1. The van der Waals surface area contributed by atoms with Crippen LogP contribution in [-0.2, 0) is 6.61 Å². The maximum Gasteiger partial charge on any atom is 0.275 e. The third-order valence-electron chi connectivity index (χ3n) is 5.13. The second kappa shape index (κ2) is 11.7. The maximum atomic E-state index is 14.2. The molecule has 3 rings (SSSR count). The summed E-state index contributed by atoms with van der Waals surface area (Å²) in [5, 5.41) is 14.4. The standard InChI is InChI=1S/C25H24Cl2FN3O3/c1-3-31(4-2)18-10-8-16(14-29-30-25(33)19-12-17(26)9-11-23(19)32)24(13-18)34-15-20-21(27)6-5-7-22(20)28/h5-14,32H,3-4,15H2,1-2H3,(H,30,33)/b29-14+. The van der Waals surface area contributed by atoms with E-state index in [-0.39, 0.29) is 28.5 Å². The molecule has 0 heterocycles. The minimum absolute atomic E-state index is 0.00722. The molecule has 0 saturated carbocycles. The fraction of sp³-hybridized carbons (Fsp3) is 0.200. The van der Waals surface area contributed by atoms with E-state index in [1.54, 1.807) is 12.1 Å². The van der Waals surface area contributed by atoms with Gasteiger partial charge in [-0.05, 0) is 56.3 Å². The number of phenolic OH excluding ortho intramolecular Hbond substituents is 1. The van der Waals surface area contributed by atoms with E-state index >= 15 is 0 Å². The quantitative estimate of drug-likeness (QED) is 0.276. The van der Waals surface area contributed by atoms with Crippen molar-refractivity contribution in [1.82, 2.24) is 5.43 Å². The monoisotopic (exact) mass is 503 g/mol.